The van der Waals surface area contributed by atoms with E-state index < -0.39 is 0 Å². The zero-order chi connectivity index (χ0) is 15.9. The van der Waals surface area contributed by atoms with Crippen LogP contribution in [0.25, 0.3) is 0 Å². The molecular formula is C19H24N2O. The first-order valence-electron chi connectivity index (χ1n) is 8.04. The van der Waals surface area contributed by atoms with E-state index in [1.165, 1.54) is 5.69 Å². The van der Waals surface area contributed by atoms with Gasteiger partial charge in [0.25, 0.3) is 0 Å². The minimum atomic E-state index is 0.109. The van der Waals surface area contributed by atoms with E-state index in [1.807, 2.05) is 18.2 Å². The predicted octanol–water partition coefficient (Wildman–Crippen LogP) is 4.47. The molecule has 0 unspecified atom stereocenters. The predicted molar refractivity (Wildman–Crippen MR) is 94.2 cm³/mol. The van der Waals surface area contributed by atoms with Crippen LogP contribution in [0, 0.1) is 0 Å². The van der Waals surface area contributed by atoms with Crippen molar-refractivity contribution in [3.05, 3.63) is 48.1 Å². The molecule has 0 radical (unpaired) electrons. The maximum absolute atomic E-state index is 11.8. The van der Waals surface area contributed by atoms with Gasteiger partial charge in [-0.1, -0.05) is 13.3 Å². The number of anilines is 1. The van der Waals surface area contributed by atoms with Crippen molar-refractivity contribution in [2.24, 2.45) is 4.99 Å². The molecule has 1 aliphatic rings. The van der Waals surface area contributed by atoms with Crippen molar-refractivity contribution < 1.29 is 4.79 Å². The quantitative estimate of drug-likeness (QED) is 0.725. The molecule has 1 aromatic carbocycles. The summed E-state index contributed by atoms with van der Waals surface area (Å²) in [7, 11) is 0. The topological polar surface area (TPSA) is 32.7 Å². The summed E-state index contributed by atoms with van der Waals surface area (Å²) in [5.74, 6) is 0.109. The molecule has 0 amide bonds. The van der Waals surface area contributed by atoms with Gasteiger partial charge in [0.15, 0.2) is 5.78 Å². The van der Waals surface area contributed by atoms with Crippen molar-refractivity contribution in [1.29, 1.82) is 0 Å². The van der Waals surface area contributed by atoms with Crippen LogP contribution in [0.5, 0.6) is 0 Å². The van der Waals surface area contributed by atoms with Crippen LogP contribution in [0.15, 0.2) is 53.1 Å². The summed E-state index contributed by atoms with van der Waals surface area (Å²) in [4.78, 5) is 18.7. The monoisotopic (exact) mass is 296 g/mol. The summed E-state index contributed by atoms with van der Waals surface area (Å²) < 4.78 is 0. The average Bonchev–Trinajstić information content (AvgIpc) is 2.54. The van der Waals surface area contributed by atoms with Gasteiger partial charge in [0.1, 0.15) is 0 Å². The Kier molecular flexibility index (Phi) is 5.70. The second kappa shape index (κ2) is 7.74. The standard InChI is InChI=1S/C19H24N2O/c1-4-7-15-14-17(10-13-19(15)22)20-16-8-11-18(12-9-16)21(5-2)6-3/h8-14H,4-7H2,1-3H3. The minimum absolute atomic E-state index is 0.109. The number of hydrogen-bond acceptors (Lipinski definition) is 3. The molecule has 0 fully saturated rings. The highest BCUT2D eigenvalue weighted by molar-refractivity contribution is 6.19. The summed E-state index contributed by atoms with van der Waals surface area (Å²) in [6.07, 6.45) is 7.10. The van der Waals surface area contributed by atoms with Crippen LogP contribution in [0.4, 0.5) is 11.4 Å². The summed E-state index contributed by atoms with van der Waals surface area (Å²) in [5.41, 5.74) is 3.82. The van der Waals surface area contributed by atoms with Gasteiger partial charge in [0.05, 0.1) is 11.4 Å². The first-order valence-corrected chi connectivity index (χ1v) is 8.04. The third-order valence-corrected chi connectivity index (χ3v) is 3.80. The fraction of sp³-hybridized carbons (Fsp3) is 0.368. The number of ketones is 1. The van der Waals surface area contributed by atoms with E-state index in [0.717, 1.165) is 42.9 Å². The second-order valence-electron chi connectivity index (χ2n) is 5.34. The van der Waals surface area contributed by atoms with Crippen LogP contribution in [0.1, 0.15) is 33.6 Å². The highest BCUT2D eigenvalue weighted by atomic mass is 16.1. The molecule has 0 bridgehead atoms. The van der Waals surface area contributed by atoms with Gasteiger partial charge in [-0.15, -0.1) is 0 Å². The van der Waals surface area contributed by atoms with E-state index in [2.05, 4.69) is 42.8 Å². The second-order valence-corrected chi connectivity index (χ2v) is 5.34. The van der Waals surface area contributed by atoms with Crippen molar-refractivity contribution in [3.63, 3.8) is 0 Å². The number of benzene rings is 1. The lowest BCUT2D eigenvalue weighted by atomic mass is 9.99. The summed E-state index contributed by atoms with van der Waals surface area (Å²) in [5, 5.41) is 0. The molecule has 116 valence electrons. The molecular weight excluding hydrogens is 272 g/mol. The van der Waals surface area contributed by atoms with Crippen molar-refractivity contribution in [3.8, 4) is 0 Å². The number of allylic oxidation sites excluding steroid dienone is 4. The molecule has 0 N–H and O–H groups in total. The Morgan fingerprint density at radius 3 is 2.27 bits per heavy atom. The number of carbonyl (C=O) groups excluding carboxylic acids is 1. The van der Waals surface area contributed by atoms with Crippen molar-refractivity contribution in [1.82, 2.24) is 0 Å². The normalized spacial score (nSPS) is 16.0. The van der Waals surface area contributed by atoms with Crippen molar-refractivity contribution in [2.45, 2.75) is 33.6 Å². The van der Waals surface area contributed by atoms with E-state index in [-0.39, 0.29) is 5.78 Å². The Labute approximate surface area is 133 Å². The van der Waals surface area contributed by atoms with Crippen LogP contribution in [0.2, 0.25) is 0 Å². The number of hydrogen-bond donors (Lipinski definition) is 0. The molecule has 3 heteroatoms. The number of rotatable bonds is 6. The number of aliphatic imine (C=N–C) groups is 1. The fourth-order valence-corrected chi connectivity index (χ4v) is 2.58. The molecule has 1 aromatic rings. The molecule has 2 rings (SSSR count). The highest BCUT2D eigenvalue weighted by Crippen LogP contribution is 2.21. The first-order chi connectivity index (χ1) is 10.7. The minimum Gasteiger partial charge on any atom is -0.372 e. The number of carbonyl (C=O) groups is 1. The van der Waals surface area contributed by atoms with Gasteiger partial charge in [-0.2, -0.15) is 0 Å². The molecule has 0 aromatic heterocycles. The van der Waals surface area contributed by atoms with Crippen molar-refractivity contribution in [2.75, 3.05) is 18.0 Å². The zero-order valence-corrected chi connectivity index (χ0v) is 13.7. The maximum atomic E-state index is 11.8. The fourth-order valence-electron chi connectivity index (χ4n) is 2.58. The molecule has 3 nitrogen and oxygen atoms in total. The van der Waals surface area contributed by atoms with Crippen LogP contribution in [-0.4, -0.2) is 24.6 Å². The lowest BCUT2D eigenvalue weighted by molar-refractivity contribution is -0.111. The maximum Gasteiger partial charge on any atom is 0.181 e. The van der Waals surface area contributed by atoms with Crippen molar-refractivity contribution >= 4 is 22.9 Å². The lowest BCUT2D eigenvalue weighted by Crippen LogP contribution is -2.21. The van der Waals surface area contributed by atoms with E-state index in [0.29, 0.717) is 0 Å². The highest BCUT2D eigenvalue weighted by Gasteiger charge is 2.11. The summed E-state index contributed by atoms with van der Waals surface area (Å²) >= 11 is 0. The molecule has 0 atom stereocenters. The largest absolute Gasteiger partial charge is 0.372 e. The average molecular weight is 296 g/mol. The van der Waals surface area contributed by atoms with Crippen LogP contribution in [-0.2, 0) is 4.79 Å². The summed E-state index contributed by atoms with van der Waals surface area (Å²) in [6, 6.07) is 8.25. The Bertz CT molecular complexity index is 605. The van der Waals surface area contributed by atoms with Crippen LogP contribution < -0.4 is 4.90 Å². The Balaban J connectivity index is 2.19. The molecule has 0 aliphatic heterocycles. The molecule has 0 heterocycles. The first kappa shape index (κ1) is 16.2. The van der Waals surface area contributed by atoms with E-state index in [1.54, 1.807) is 12.2 Å². The van der Waals surface area contributed by atoms with E-state index in [9.17, 15) is 4.79 Å². The van der Waals surface area contributed by atoms with Gasteiger partial charge < -0.3 is 4.90 Å². The molecule has 1 aliphatic carbocycles. The SMILES string of the molecule is CCCC1=CC(=Nc2ccc(N(CC)CC)cc2)C=CC1=O. The van der Waals surface area contributed by atoms with Crippen LogP contribution >= 0.6 is 0 Å². The molecule has 0 saturated carbocycles. The van der Waals surface area contributed by atoms with E-state index in [4.69, 9.17) is 0 Å². The molecule has 22 heavy (non-hydrogen) atoms. The van der Waals surface area contributed by atoms with E-state index >= 15 is 0 Å². The Morgan fingerprint density at radius 1 is 1.00 bits per heavy atom. The van der Waals surface area contributed by atoms with Gasteiger partial charge in [0, 0.05) is 24.4 Å². The van der Waals surface area contributed by atoms with Crippen LogP contribution in [0.3, 0.4) is 0 Å². The third kappa shape index (κ3) is 3.94. The Hall–Kier alpha value is -2.16. The summed E-state index contributed by atoms with van der Waals surface area (Å²) in [6.45, 7) is 8.38. The lowest BCUT2D eigenvalue weighted by Gasteiger charge is -2.20. The smallest absolute Gasteiger partial charge is 0.181 e. The molecule has 0 spiro atoms. The van der Waals surface area contributed by atoms with Gasteiger partial charge in [0.2, 0.25) is 0 Å². The third-order valence-electron chi connectivity index (χ3n) is 3.80. The Morgan fingerprint density at radius 2 is 1.68 bits per heavy atom. The molecule has 0 saturated heterocycles. The van der Waals surface area contributed by atoms with Gasteiger partial charge in [-0.05, 0) is 62.8 Å². The van der Waals surface area contributed by atoms with Gasteiger partial charge in [-0.25, -0.2) is 4.99 Å². The number of nitrogens with zero attached hydrogens (tertiary/aromatic N) is 2. The van der Waals surface area contributed by atoms with Gasteiger partial charge in [-0.3, -0.25) is 4.79 Å². The zero-order valence-electron chi connectivity index (χ0n) is 13.7. The van der Waals surface area contributed by atoms with Gasteiger partial charge >= 0.3 is 0 Å².